The van der Waals surface area contributed by atoms with E-state index in [9.17, 15) is 5.11 Å². The quantitative estimate of drug-likeness (QED) is 0.168. The zero-order chi connectivity index (χ0) is 18.4. The summed E-state index contributed by atoms with van der Waals surface area (Å²) in [6, 6.07) is 0. The first-order valence-electron chi connectivity index (χ1n) is 9.70. The number of morpholine rings is 1. The van der Waals surface area contributed by atoms with Crippen molar-refractivity contribution >= 4 is 29.9 Å². The minimum atomic E-state index is -0.844. The van der Waals surface area contributed by atoms with E-state index in [4.69, 9.17) is 9.47 Å². The van der Waals surface area contributed by atoms with Crippen molar-refractivity contribution in [2.75, 3.05) is 65.7 Å². The number of aliphatic hydroxyl groups is 1. The molecule has 0 aromatic carbocycles. The Morgan fingerprint density at radius 2 is 1.88 bits per heavy atom. The molecule has 0 saturated carbocycles. The lowest BCUT2D eigenvalue weighted by atomic mass is 10.1. The minimum absolute atomic E-state index is 0. The van der Waals surface area contributed by atoms with Crippen molar-refractivity contribution in [3.8, 4) is 0 Å². The van der Waals surface area contributed by atoms with Crippen LogP contribution in [0.25, 0.3) is 0 Å². The van der Waals surface area contributed by atoms with E-state index < -0.39 is 5.60 Å². The highest BCUT2D eigenvalue weighted by molar-refractivity contribution is 14.0. The molecule has 0 aromatic heterocycles. The molecular formula is C18H39IN4O3. The van der Waals surface area contributed by atoms with Crippen LogP contribution >= 0.6 is 24.0 Å². The fraction of sp³-hybridized carbons (Fsp3) is 0.944. The van der Waals surface area contributed by atoms with Crippen molar-refractivity contribution in [3.63, 3.8) is 0 Å². The summed E-state index contributed by atoms with van der Waals surface area (Å²) in [6.45, 7) is 13.5. The van der Waals surface area contributed by atoms with Gasteiger partial charge in [0.25, 0.3) is 0 Å². The lowest BCUT2D eigenvalue weighted by Gasteiger charge is -2.33. The molecule has 7 nitrogen and oxygen atoms in total. The minimum Gasteiger partial charge on any atom is -0.387 e. The van der Waals surface area contributed by atoms with Gasteiger partial charge in [-0.15, -0.1) is 24.0 Å². The fourth-order valence-corrected chi connectivity index (χ4v) is 2.61. The number of ether oxygens (including phenoxy) is 2. The summed E-state index contributed by atoms with van der Waals surface area (Å²) in [5.74, 6) is 0.748. The molecule has 1 fully saturated rings. The second-order valence-electron chi connectivity index (χ2n) is 6.83. The van der Waals surface area contributed by atoms with E-state index in [1.54, 1.807) is 0 Å². The predicted octanol–water partition coefficient (Wildman–Crippen LogP) is 1.45. The van der Waals surface area contributed by atoms with Crippen LogP contribution in [0.5, 0.6) is 0 Å². The molecule has 1 saturated heterocycles. The Labute approximate surface area is 176 Å². The Bertz CT molecular complexity index is 364. The maximum absolute atomic E-state index is 10.6. The molecule has 0 aromatic rings. The number of nitrogens with zero attached hydrogens (tertiary/aromatic N) is 2. The van der Waals surface area contributed by atoms with E-state index in [-0.39, 0.29) is 24.0 Å². The molecule has 0 bridgehead atoms. The molecule has 1 unspecified atom stereocenters. The lowest BCUT2D eigenvalue weighted by molar-refractivity contribution is -0.0180. The van der Waals surface area contributed by atoms with Crippen molar-refractivity contribution in [2.24, 2.45) is 4.99 Å². The summed E-state index contributed by atoms with van der Waals surface area (Å²) in [5, 5.41) is 17.1. The molecular weight excluding hydrogens is 447 g/mol. The average Bonchev–Trinajstić information content (AvgIpc) is 2.59. The first-order chi connectivity index (χ1) is 12.1. The van der Waals surface area contributed by atoms with Gasteiger partial charge in [-0.1, -0.05) is 13.3 Å². The Hall–Kier alpha value is -0.160. The topological polar surface area (TPSA) is 78.3 Å². The molecule has 1 atom stereocenters. The standard InChI is InChI=1S/C18H38N4O3.HI/c1-4-6-11-24-12-7-8-20-17(19-5-2)21-15-18(3,23)16-22-9-13-25-14-10-22;/h23H,4-16H2,1-3H3,(H2,19,20,21);1H. The van der Waals surface area contributed by atoms with Crippen LogP contribution in [0.3, 0.4) is 0 Å². The lowest BCUT2D eigenvalue weighted by Crippen LogP contribution is -2.48. The van der Waals surface area contributed by atoms with Crippen molar-refractivity contribution in [2.45, 2.75) is 45.6 Å². The highest BCUT2D eigenvalue weighted by Gasteiger charge is 2.25. The summed E-state index contributed by atoms with van der Waals surface area (Å²) in [7, 11) is 0. The van der Waals surface area contributed by atoms with Crippen molar-refractivity contribution in [3.05, 3.63) is 0 Å². The monoisotopic (exact) mass is 486 g/mol. The van der Waals surface area contributed by atoms with Crippen LogP contribution in [0, 0.1) is 0 Å². The number of aliphatic imine (C=N–C) groups is 1. The van der Waals surface area contributed by atoms with E-state index in [1.807, 2.05) is 13.8 Å². The van der Waals surface area contributed by atoms with Crippen molar-refractivity contribution in [1.82, 2.24) is 15.5 Å². The first-order valence-corrected chi connectivity index (χ1v) is 9.70. The van der Waals surface area contributed by atoms with Crippen LogP contribution < -0.4 is 10.6 Å². The van der Waals surface area contributed by atoms with Gasteiger partial charge in [0.2, 0.25) is 0 Å². The van der Waals surface area contributed by atoms with Gasteiger partial charge in [-0.25, -0.2) is 0 Å². The largest absolute Gasteiger partial charge is 0.387 e. The molecule has 1 heterocycles. The molecule has 1 rings (SSSR count). The fourth-order valence-electron chi connectivity index (χ4n) is 2.61. The van der Waals surface area contributed by atoms with Gasteiger partial charge in [0.15, 0.2) is 5.96 Å². The summed E-state index contributed by atoms with van der Waals surface area (Å²) >= 11 is 0. The van der Waals surface area contributed by atoms with E-state index in [1.165, 1.54) is 6.42 Å². The number of rotatable bonds is 12. The van der Waals surface area contributed by atoms with E-state index in [0.717, 1.165) is 71.4 Å². The van der Waals surface area contributed by atoms with Gasteiger partial charge in [-0.05, 0) is 26.7 Å². The zero-order valence-electron chi connectivity index (χ0n) is 16.8. The Morgan fingerprint density at radius 3 is 2.54 bits per heavy atom. The Balaban J connectivity index is 0.00000625. The van der Waals surface area contributed by atoms with Crippen LogP contribution in [0.15, 0.2) is 4.99 Å². The average molecular weight is 486 g/mol. The molecule has 0 amide bonds. The summed E-state index contributed by atoms with van der Waals surface area (Å²) in [6.07, 6.45) is 3.23. The molecule has 0 aliphatic carbocycles. The Morgan fingerprint density at radius 1 is 1.19 bits per heavy atom. The van der Waals surface area contributed by atoms with Crippen LogP contribution in [0.4, 0.5) is 0 Å². The van der Waals surface area contributed by atoms with Crippen LogP contribution in [0.1, 0.15) is 40.0 Å². The third-order valence-corrected chi connectivity index (χ3v) is 3.99. The van der Waals surface area contributed by atoms with Gasteiger partial charge in [0, 0.05) is 45.9 Å². The van der Waals surface area contributed by atoms with Crippen LogP contribution in [-0.4, -0.2) is 87.3 Å². The van der Waals surface area contributed by atoms with E-state index in [0.29, 0.717) is 13.1 Å². The van der Waals surface area contributed by atoms with E-state index in [2.05, 4.69) is 27.4 Å². The number of hydrogen-bond donors (Lipinski definition) is 3. The molecule has 1 aliphatic rings. The molecule has 1 aliphatic heterocycles. The number of halogens is 1. The van der Waals surface area contributed by atoms with Gasteiger partial charge < -0.3 is 25.2 Å². The number of guanidine groups is 1. The van der Waals surface area contributed by atoms with Crippen molar-refractivity contribution in [1.29, 1.82) is 0 Å². The van der Waals surface area contributed by atoms with Gasteiger partial charge in [-0.3, -0.25) is 9.89 Å². The van der Waals surface area contributed by atoms with Crippen molar-refractivity contribution < 1.29 is 14.6 Å². The number of β-amino-alcohol motifs (C(OH)–C–C–N with tert-alkyl or cyclic N) is 1. The summed E-state index contributed by atoms with van der Waals surface area (Å²) in [4.78, 5) is 6.77. The SMILES string of the molecule is CCCCOCCCNC(=NCC(C)(O)CN1CCOCC1)NCC.I. The summed E-state index contributed by atoms with van der Waals surface area (Å²) < 4.78 is 10.9. The van der Waals surface area contributed by atoms with Crippen LogP contribution in [-0.2, 0) is 9.47 Å². The zero-order valence-corrected chi connectivity index (χ0v) is 19.1. The van der Waals surface area contributed by atoms with Gasteiger partial charge in [-0.2, -0.15) is 0 Å². The number of unbranched alkanes of at least 4 members (excludes halogenated alkanes) is 1. The Kier molecular flexibility index (Phi) is 15.8. The third kappa shape index (κ3) is 13.1. The van der Waals surface area contributed by atoms with Gasteiger partial charge >= 0.3 is 0 Å². The summed E-state index contributed by atoms with van der Waals surface area (Å²) in [5.41, 5.74) is -0.844. The maximum atomic E-state index is 10.6. The molecule has 156 valence electrons. The second kappa shape index (κ2) is 15.9. The molecule has 8 heteroatoms. The van der Waals surface area contributed by atoms with Gasteiger partial charge in [0.05, 0.1) is 25.4 Å². The second-order valence-corrected chi connectivity index (χ2v) is 6.83. The highest BCUT2D eigenvalue weighted by Crippen LogP contribution is 2.09. The maximum Gasteiger partial charge on any atom is 0.191 e. The third-order valence-electron chi connectivity index (χ3n) is 3.99. The molecule has 0 spiro atoms. The number of hydrogen-bond acceptors (Lipinski definition) is 5. The van der Waals surface area contributed by atoms with Crippen LogP contribution in [0.2, 0.25) is 0 Å². The first kappa shape index (κ1) is 25.8. The smallest absolute Gasteiger partial charge is 0.191 e. The number of nitrogens with one attached hydrogen (secondary N) is 2. The molecule has 26 heavy (non-hydrogen) atoms. The highest BCUT2D eigenvalue weighted by atomic mass is 127. The predicted molar refractivity (Wildman–Crippen MR) is 118 cm³/mol. The van der Waals surface area contributed by atoms with Gasteiger partial charge in [0.1, 0.15) is 0 Å². The van der Waals surface area contributed by atoms with E-state index >= 15 is 0 Å². The molecule has 0 radical (unpaired) electrons. The normalized spacial score (nSPS) is 18.1. The molecule has 3 N–H and O–H groups in total.